The first-order valence-electron chi connectivity index (χ1n) is 4.37. The number of anilines is 1. The van der Waals surface area contributed by atoms with Crippen molar-refractivity contribution in [2.45, 2.75) is 6.42 Å². The summed E-state index contributed by atoms with van der Waals surface area (Å²) in [6, 6.07) is 3.51. The van der Waals surface area contributed by atoms with Gasteiger partial charge in [-0.1, -0.05) is 12.2 Å². The third-order valence-corrected chi connectivity index (χ3v) is 1.93. The number of hydrogen-bond acceptors (Lipinski definition) is 4. The molecule has 0 bridgehead atoms. The van der Waals surface area contributed by atoms with Crippen LogP contribution in [0.5, 0.6) is 0 Å². The normalized spacial score (nSPS) is 9.60. The van der Waals surface area contributed by atoms with Gasteiger partial charge >= 0.3 is 0 Å². The molecule has 0 aliphatic carbocycles. The Balaban J connectivity index is 2.50. The van der Waals surface area contributed by atoms with Crippen molar-refractivity contribution in [1.29, 1.82) is 0 Å². The number of carbonyl (C=O) groups excluding carboxylic acids is 1. The van der Waals surface area contributed by atoms with Crippen LogP contribution in [0.3, 0.4) is 0 Å². The minimum atomic E-state index is -0.338. The Morgan fingerprint density at radius 2 is 2.20 bits per heavy atom. The van der Waals surface area contributed by atoms with Crippen LogP contribution in [0.2, 0.25) is 0 Å². The van der Waals surface area contributed by atoms with Gasteiger partial charge < -0.3 is 16.8 Å². The average molecular weight is 224 g/mol. The van der Waals surface area contributed by atoms with Crippen molar-refractivity contribution in [2.24, 2.45) is 11.5 Å². The number of hydrogen-bond donors (Lipinski definition) is 3. The van der Waals surface area contributed by atoms with Crippen molar-refractivity contribution >= 4 is 28.8 Å². The summed E-state index contributed by atoms with van der Waals surface area (Å²) in [4.78, 5) is 14.8. The number of pyridine rings is 1. The summed E-state index contributed by atoms with van der Waals surface area (Å²) in [5.74, 6) is -0.338. The van der Waals surface area contributed by atoms with Gasteiger partial charge in [0.2, 0.25) is 5.91 Å². The lowest BCUT2D eigenvalue weighted by molar-refractivity contribution is -0.117. The molecule has 1 heterocycles. The number of amides is 1. The van der Waals surface area contributed by atoms with E-state index in [-0.39, 0.29) is 17.3 Å². The highest BCUT2D eigenvalue weighted by atomic mass is 32.1. The number of carbonyl (C=O) groups is 1. The van der Waals surface area contributed by atoms with Crippen LogP contribution >= 0.6 is 12.2 Å². The van der Waals surface area contributed by atoms with E-state index < -0.39 is 0 Å². The third kappa shape index (κ3) is 3.90. The van der Waals surface area contributed by atoms with E-state index >= 15 is 0 Å². The van der Waals surface area contributed by atoms with Crippen LogP contribution in [0.1, 0.15) is 12.1 Å². The molecule has 1 aromatic heterocycles. The van der Waals surface area contributed by atoms with Crippen molar-refractivity contribution in [3.05, 3.63) is 24.0 Å². The standard InChI is InChI=1S/C9H12N4OS/c10-8(14)3-4-12-6-1-2-7(9(11)15)13-5-6/h1-2,5,12H,3-4H2,(H2,10,14)(H2,11,15). The Labute approximate surface area is 92.9 Å². The molecule has 5 nitrogen and oxygen atoms in total. The summed E-state index contributed by atoms with van der Waals surface area (Å²) in [5, 5.41) is 2.99. The fraction of sp³-hybridized carbons (Fsp3) is 0.222. The van der Waals surface area contributed by atoms with E-state index in [9.17, 15) is 4.79 Å². The van der Waals surface area contributed by atoms with Gasteiger partial charge in [-0.25, -0.2) is 0 Å². The van der Waals surface area contributed by atoms with Crippen molar-refractivity contribution < 1.29 is 4.79 Å². The maximum Gasteiger partial charge on any atom is 0.219 e. The number of nitrogens with one attached hydrogen (secondary N) is 1. The van der Waals surface area contributed by atoms with E-state index in [2.05, 4.69) is 10.3 Å². The van der Waals surface area contributed by atoms with Gasteiger partial charge in [-0.05, 0) is 12.1 Å². The largest absolute Gasteiger partial charge is 0.388 e. The van der Waals surface area contributed by atoms with Crippen LogP contribution < -0.4 is 16.8 Å². The van der Waals surface area contributed by atoms with Gasteiger partial charge in [0.25, 0.3) is 0 Å². The fourth-order valence-electron chi connectivity index (χ4n) is 0.974. The lowest BCUT2D eigenvalue weighted by atomic mass is 10.3. The Morgan fingerprint density at radius 1 is 1.47 bits per heavy atom. The molecule has 1 rings (SSSR count). The molecule has 0 radical (unpaired) electrons. The Hall–Kier alpha value is -1.69. The van der Waals surface area contributed by atoms with Crippen LogP contribution in [0.15, 0.2) is 18.3 Å². The molecule has 80 valence electrons. The van der Waals surface area contributed by atoms with Gasteiger partial charge in [0.1, 0.15) is 4.99 Å². The fourth-order valence-corrected chi connectivity index (χ4v) is 1.09. The van der Waals surface area contributed by atoms with Crippen LogP contribution in [0, 0.1) is 0 Å². The minimum absolute atomic E-state index is 0.263. The lowest BCUT2D eigenvalue weighted by Crippen LogP contribution is -2.16. The molecule has 0 saturated heterocycles. The van der Waals surface area contributed by atoms with Gasteiger partial charge in [-0.2, -0.15) is 0 Å². The molecule has 5 N–H and O–H groups in total. The predicted molar refractivity (Wildman–Crippen MR) is 62.4 cm³/mol. The van der Waals surface area contributed by atoms with E-state index in [1.165, 1.54) is 0 Å². The summed E-state index contributed by atoms with van der Waals surface area (Å²) < 4.78 is 0. The van der Waals surface area contributed by atoms with Crippen LogP contribution in [-0.4, -0.2) is 22.4 Å². The van der Waals surface area contributed by atoms with Crippen molar-refractivity contribution in [1.82, 2.24) is 4.98 Å². The van der Waals surface area contributed by atoms with Crippen molar-refractivity contribution in [3.8, 4) is 0 Å². The highest BCUT2D eigenvalue weighted by molar-refractivity contribution is 7.80. The van der Waals surface area contributed by atoms with E-state index in [0.717, 1.165) is 5.69 Å². The molecule has 15 heavy (non-hydrogen) atoms. The first-order valence-corrected chi connectivity index (χ1v) is 4.78. The molecule has 0 aliphatic heterocycles. The lowest BCUT2D eigenvalue weighted by Gasteiger charge is -2.04. The first kappa shape index (κ1) is 11.4. The van der Waals surface area contributed by atoms with Crippen LogP contribution in [-0.2, 0) is 4.79 Å². The molecule has 1 aromatic rings. The number of primary amides is 1. The number of nitrogens with zero attached hydrogens (tertiary/aromatic N) is 1. The van der Waals surface area contributed by atoms with E-state index in [1.807, 2.05) is 0 Å². The molecule has 0 spiro atoms. The average Bonchev–Trinajstić information content (AvgIpc) is 2.18. The second kappa shape index (κ2) is 5.26. The molecule has 0 aromatic carbocycles. The summed E-state index contributed by atoms with van der Waals surface area (Å²) >= 11 is 4.76. The Morgan fingerprint density at radius 3 is 2.67 bits per heavy atom. The zero-order valence-electron chi connectivity index (χ0n) is 8.06. The van der Waals surface area contributed by atoms with Gasteiger partial charge in [-0.3, -0.25) is 9.78 Å². The molecule has 0 atom stereocenters. The summed E-state index contributed by atoms with van der Waals surface area (Å²) in [6.07, 6.45) is 1.90. The minimum Gasteiger partial charge on any atom is -0.388 e. The van der Waals surface area contributed by atoms with Gasteiger partial charge in [0, 0.05) is 13.0 Å². The van der Waals surface area contributed by atoms with Crippen LogP contribution in [0.25, 0.3) is 0 Å². The number of nitrogens with two attached hydrogens (primary N) is 2. The smallest absolute Gasteiger partial charge is 0.219 e. The zero-order valence-corrected chi connectivity index (χ0v) is 8.88. The monoisotopic (exact) mass is 224 g/mol. The Kier molecular flexibility index (Phi) is 3.99. The van der Waals surface area contributed by atoms with Crippen molar-refractivity contribution in [3.63, 3.8) is 0 Å². The summed E-state index contributed by atoms with van der Waals surface area (Å²) in [7, 11) is 0. The summed E-state index contributed by atoms with van der Waals surface area (Å²) in [6.45, 7) is 0.490. The topological polar surface area (TPSA) is 94.0 Å². The number of aromatic nitrogens is 1. The van der Waals surface area contributed by atoms with E-state index in [1.54, 1.807) is 18.3 Å². The van der Waals surface area contributed by atoms with Crippen molar-refractivity contribution in [2.75, 3.05) is 11.9 Å². The SMILES string of the molecule is NC(=O)CCNc1ccc(C(N)=S)nc1. The molecule has 0 fully saturated rings. The maximum atomic E-state index is 10.5. The van der Waals surface area contributed by atoms with E-state index in [4.69, 9.17) is 23.7 Å². The highest BCUT2D eigenvalue weighted by Crippen LogP contribution is 2.05. The maximum absolute atomic E-state index is 10.5. The van der Waals surface area contributed by atoms with Gasteiger partial charge in [0.15, 0.2) is 0 Å². The molecule has 0 unspecified atom stereocenters. The molecular weight excluding hydrogens is 212 g/mol. The first-order chi connectivity index (χ1) is 7.09. The molecule has 6 heteroatoms. The second-order valence-corrected chi connectivity index (χ2v) is 3.38. The second-order valence-electron chi connectivity index (χ2n) is 2.94. The number of rotatable bonds is 5. The van der Waals surface area contributed by atoms with Gasteiger partial charge in [-0.15, -0.1) is 0 Å². The molecule has 0 saturated carbocycles. The number of thiocarbonyl (C=S) groups is 1. The van der Waals surface area contributed by atoms with Crippen LogP contribution in [0.4, 0.5) is 5.69 Å². The zero-order chi connectivity index (χ0) is 11.3. The molecule has 1 amide bonds. The molecular formula is C9H12N4OS. The summed E-state index contributed by atoms with van der Waals surface area (Å²) in [5.41, 5.74) is 11.8. The van der Waals surface area contributed by atoms with Gasteiger partial charge in [0.05, 0.1) is 17.6 Å². The van der Waals surface area contributed by atoms with E-state index in [0.29, 0.717) is 12.2 Å². The highest BCUT2D eigenvalue weighted by Gasteiger charge is 1.98. The Bertz CT molecular complexity index is 363. The third-order valence-electron chi connectivity index (χ3n) is 1.72. The quantitative estimate of drug-likeness (QED) is 0.612. The predicted octanol–water partition coefficient (Wildman–Crippen LogP) is 0.00310. The molecule has 0 aliphatic rings.